The Hall–Kier alpha value is -3.76. The van der Waals surface area contributed by atoms with Crippen molar-refractivity contribution in [3.05, 3.63) is 70.8 Å². The molecule has 0 amide bonds. The van der Waals surface area contributed by atoms with Crippen LogP contribution in [0.3, 0.4) is 0 Å². The quantitative estimate of drug-likeness (QED) is 0.167. The Morgan fingerprint density at radius 2 is 1.16 bits per heavy atom. The molecule has 0 unspecified atom stereocenters. The zero-order valence-electron chi connectivity index (χ0n) is 26.5. The molecule has 0 aromatic heterocycles. The Kier molecular flexibility index (Phi) is 12.5. The molecule has 2 aromatic carbocycles. The van der Waals surface area contributed by atoms with E-state index in [0.29, 0.717) is 35.1 Å². The van der Waals surface area contributed by atoms with Gasteiger partial charge in [-0.15, -0.1) is 0 Å². The summed E-state index contributed by atoms with van der Waals surface area (Å²) in [5.74, 6) is -1.91. The highest BCUT2D eigenvalue weighted by molar-refractivity contribution is 5.92. The number of fused-ring (bicyclic) bond motifs is 1. The van der Waals surface area contributed by atoms with Crippen molar-refractivity contribution >= 4 is 23.9 Å². The van der Waals surface area contributed by atoms with Crippen molar-refractivity contribution in [1.82, 2.24) is 0 Å². The largest absolute Gasteiger partial charge is 0.458 e. The van der Waals surface area contributed by atoms with E-state index >= 15 is 0 Å². The van der Waals surface area contributed by atoms with E-state index in [9.17, 15) is 19.2 Å². The summed E-state index contributed by atoms with van der Waals surface area (Å²) in [5, 5.41) is 0. The first-order valence-electron chi connectivity index (χ1n) is 16.0. The van der Waals surface area contributed by atoms with Gasteiger partial charge in [0.2, 0.25) is 0 Å². The summed E-state index contributed by atoms with van der Waals surface area (Å²) in [5.41, 5.74) is 1.80. The molecule has 10 heteroatoms. The number of hydrogen-bond acceptors (Lipinski definition) is 10. The van der Waals surface area contributed by atoms with Crippen LogP contribution in [0, 0.1) is 0 Å². The highest BCUT2D eigenvalue weighted by Crippen LogP contribution is 2.34. The fraction of sp³-hybridized carbons (Fsp3) is 0.543. The zero-order chi connectivity index (χ0) is 32.3. The molecule has 2 fully saturated rings. The summed E-state index contributed by atoms with van der Waals surface area (Å²) in [7, 11) is 0. The van der Waals surface area contributed by atoms with Crippen LogP contribution in [0.1, 0.15) is 117 Å². The number of carbonyl (C=O) groups is 4. The normalized spacial score (nSPS) is 21.8. The molecule has 2 aromatic rings. The Morgan fingerprint density at radius 1 is 0.711 bits per heavy atom. The molecule has 2 aliphatic heterocycles. The Balaban J connectivity index is 1.43. The molecule has 244 valence electrons. The van der Waals surface area contributed by atoms with Gasteiger partial charge in [-0.2, -0.15) is 0 Å². The second-order valence-electron chi connectivity index (χ2n) is 11.4. The van der Waals surface area contributed by atoms with Gasteiger partial charge in [-0.05, 0) is 37.8 Å². The van der Waals surface area contributed by atoms with E-state index in [1.165, 1.54) is 6.92 Å². The van der Waals surface area contributed by atoms with Crippen molar-refractivity contribution in [2.45, 2.75) is 109 Å². The van der Waals surface area contributed by atoms with Crippen LogP contribution in [0.15, 0.2) is 48.5 Å². The van der Waals surface area contributed by atoms with Gasteiger partial charge in [-0.1, -0.05) is 70.0 Å². The number of ether oxygens (including phenoxy) is 6. The third-order valence-corrected chi connectivity index (χ3v) is 8.04. The molecule has 6 atom stereocenters. The number of hydrogen-bond donors (Lipinski definition) is 0. The minimum Gasteiger partial charge on any atom is -0.458 e. The minimum absolute atomic E-state index is 0.0726. The van der Waals surface area contributed by atoms with Crippen molar-refractivity contribution in [3.63, 3.8) is 0 Å². The second-order valence-corrected chi connectivity index (χ2v) is 11.4. The highest BCUT2D eigenvalue weighted by atomic mass is 16.7. The van der Waals surface area contributed by atoms with Gasteiger partial charge in [-0.3, -0.25) is 9.59 Å². The van der Waals surface area contributed by atoms with E-state index < -0.39 is 54.5 Å². The third kappa shape index (κ3) is 8.70. The third-order valence-electron chi connectivity index (χ3n) is 8.04. The molecule has 2 saturated heterocycles. The van der Waals surface area contributed by atoms with Crippen LogP contribution in [-0.2, 0) is 38.0 Å². The maximum absolute atomic E-state index is 13.4. The zero-order valence-corrected chi connectivity index (χ0v) is 26.5. The maximum atomic E-state index is 13.4. The Morgan fingerprint density at radius 3 is 1.58 bits per heavy atom. The van der Waals surface area contributed by atoms with E-state index in [2.05, 4.69) is 0 Å². The van der Waals surface area contributed by atoms with Crippen molar-refractivity contribution in [3.8, 4) is 0 Å². The molecule has 0 radical (unpaired) electrons. The fourth-order valence-electron chi connectivity index (χ4n) is 5.74. The summed E-state index contributed by atoms with van der Waals surface area (Å²) in [6.07, 6.45) is 1.05. The van der Waals surface area contributed by atoms with Crippen LogP contribution < -0.4 is 0 Å². The lowest BCUT2D eigenvalue weighted by Gasteiger charge is -2.22. The van der Waals surface area contributed by atoms with Crippen LogP contribution in [0.2, 0.25) is 0 Å². The van der Waals surface area contributed by atoms with E-state index in [4.69, 9.17) is 28.4 Å². The topological polar surface area (TPSA) is 124 Å². The molecule has 0 saturated carbocycles. The predicted octanol–water partition coefficient (Wildman–Crippen LogP) is 6.21. The van der Waals surface area contributed by atoms with E-state index in [-0.39, 0.29) is 25.6 Å². The smallest absolute Gasteiger partial charge is 0.339 e. The summed E-state index contributed by atoms with van der Waals surface area (Å²) in [6, 6.07) is 13.9. The lowest BCUT2D eigenvalue weighted by Crippen LogP contribution is -2.36. The average molecular weight is 625 g/mol. The molecule has 45 heavy (non-hydrogen) atoms. The molecule has 2 heterocycles. The van der Waals surface area contributed by atoms with Crippen molar-refractivity contribution in [1.29, 1.82) is 0 Å². The van der Waals surface area contributed by atoms with E-state index in [1.807, 2.05) is 13.8 Å². The standard InChI is InChI=1S/C35H44O10/c1-5-8-18-27(42-22(4)36)23-14-10-12-16-25(23)34(38)44-29-20-40-33-30(21-41-32(29)33)45-35(39)26-17-13-11-15-24(26)28(19-9-6-2)43-31(37)7-3/h10-17,27-30,32-33H,5-9,18-21H2,1-4H3/t27-,28-,29-,30+,32+,33+/m0/s1. The van der Waals surface area contributed by atoms with Crippen LogP contribution in [0.25, 0.3) is 0 Å². The first kappa shape index (κ1) is 34.1. The number of benzene rings is 2. The lowest BCUT2D eigenvalue weighted by molar-refractivity contribution is -0.149. The molecule has 10 nitrogen and oxygen atoms in total. The summed E-state index contributed by atoms with van der Waals surface area (Å²) in [4.78, 5) is 50.8. The molecule has 0 aliphatic carbocycles. The number of unbranched alkanes of at least 4 members (excludes halogenated alkanes) is 2. The highest BCUT2D eigenvalue weighted by Gasteiger charge is 2.51. The number of esters is 4. The van der Waals surface area contributed by atoms with Gasteiger partial charge in [0.25, 0.3) is 0 Å². The minimum atomic E-state index is -0.721. The monoisotopic (exact) mass is 624 g/mol. The van der Waals surface area contributed by atoms with Gasteiger partial charge in [0, 0.05) is 24.5 Å². The maximum Gasteiger partial charge on any atom is 0.339 e. The van der Waals surface area contributed by atoms with Crippen LogP contribution >= 0.6 is 0 Å². The number of rotatable bonds is 15. The van der Waals surface area contributed by atoms with Gasteiger partial charge in [0.15, 0.2) is 12.2 Å². The molecular weight excluding hydrogens is 580 g/mol. The van der Waals surface area contributed by atoms with Gasteiger partial charge < -0.3 is 28.4 Å². The van der Waals surface area contributed by atoms with Crippen molar-refractivity contribution in [2.24, 2.45) is 0 Å². The van der Waals surface area contributed by atoms with Crippen molar-refractivity contribution < 1.29 is 47.6 Å². The van der Waals surface area contributed by atoms with Gasteiger partial charge >= 0.3 is 23.9 Å². The summed E-state index contributed by atoms with van der Waals surface area (Å²) >= 11 is 0. The molecule has 4 rings (SSSR count). The Bertz CT molecular complexity index is 1320. The molecule has 0 spiro atoms. The summed E-state index contributed by atoms with van der Waals surface area (Å²) in [6.45, 7) is 7.32. The lowest BCUT2D eigenvalue weighted by atomic mass is 9.98. The molecule has 0 bridgehead atoms. The molecule has 0 N–H and O–H groups in total. The first-order valence-corrected chi connectivity index (χ1v) is 16.0. The van der Waals surface area contributed by atoms with Gasteiger partial charge in [0.05, 0.1) is 24.3 Å². The SMILES string of the molecule is CCCC[C@H](OC(C)=O)c1ccccc1C(=O)O[C@H]1CO[C@H]2[C@@H]1OC[C@H]2OC(=O)c1ccccc1[C@H](CCCC)OC(=O)CC. The van der Waals surface area contributed by atoms with E-state index in [0.717, 1.165) is 25.7 Å². The van der Waals surface area contributed by atoms with Gasteiger partial charge in [0.1, 0.15) is 24.4 Å². The fourth-order valence-corrected chi connectivity index (χ4v) is 5.74. The summed E-state index contributed by atoms with van der Waals surface area (Å²) < 4.78 is 34.9. The molecular formula is C35H44O10. The van der Waals surface area contributed by atoms with Crippen LogP contribution in [-0.4, -0.2) is 61.5 Å². The average Bonchev–Trinajstić information content (AvgIpc) is 3.63. The predicted molar refractivity (Wildman–Crippen MR) is 163 cm³/mol. The first-order chi connectivity index (χ1) is 21.8. The number of carbonyl (C=O) groups excluding carboxylic acids is 4. The second kappa shape index (κ2) is 16.5. The van der Waals surface area contributed by atoms with E-state index in [1.54, 1.807) is 55.5 Å². The molecule has 2 aliphatic rings. The van der Waals surface area contributed by atoms with Crippen LogP contribution in [0.4, 0.5) is 0 Å². The van der Waals surface area contributed by atoms with Gasteiger partial charge in [-0.25, -0.2) is 9.59 Å². The van der Waals surface area contributed by atoms with Crippen molar-refractivity contribution in [2.75, 3.05) is 13.2 Å². The Labute approximate surface area is 264 Å². The van der Waals surface area contributed by atoms with Crippen LogP contribution in [0.5, 0.6) is 0 Å².